The number of nitrogens with zero attached hydrogens (tertiary/aromatic N) is 1. The summed E-state index contributed by atoms with van der Waals surface area (Å²) < 4.78 is 28.4. The number of H-pyrrole nitrogens is 1. The number of hydrogen-bond donors (Lipinski definition) is 3. The third kappa shape index (κ3) is 2.53. The molecule has 6 rings (SSSR count). The van der Waals surface area contributed by atoms with E-state index in [0.29, 0.717) is 25.7 Å². The number of aromatic nitrogens is 2. The van der Waals surface area contributed by atoms with Crippen LogP contribution in [-0.2, 0) is 20.7 Å². The average molecular weight is 461 g/mol. The largest absolute Gasteiger partial charge is 0.393 e. The molecule has 7 nitrogen and oxygen atoms in total. The van der Waals surface area contributed by atoms with Crippen LogP contribution in [0.25, 0.3) is 6.08 Å². The van der Waals surface area contributed by atoms with Crippen LogP contribution in [0.5, 0.6) is 0 Å². The van der Waals surface area contributed by atoms with Crippen molar-refractivity contribution in [2.75, 3.05) is 6.61 Å². The number of allylic oxidation sites excluding steroid dienone is 1. The quantitative estimate of drug-likeness (QED) is 0.627. The van der Waals surface area contributed by atoms with Crippen LogP contribution in [-0.4, -0.2) is 62.6 Å². The lowest BCUT2D eigenvalue weighted by molar-refractivity contribution is -0.228. The fourth-order valence-corrected chi connectivity index (χ4v) is 8.82. The van der Waals surface area contributed by atoms with E-state index in [1.165, 1.54) is 0 Å². The number of ether oxygens (including phenoxy) is 2. The fraction of sp³-hybridized carbons (Fsp3) is 0.760. The molecule has 1 saturated heterocycles. The van der Waals surface area contributed by atoms with Crippen LogP contribution in [0.4, 0.5) is 4.39 Å². The van der Waals surface area contributed by atoms with Gasteiger partial charge in [-0.1, -0.05) is 13.8 Å². The van der Waals surface area contributed by atoms with Crippen molar-refractivity contribution in [1.29, 1.82) is 0 Å². The number of ketones is 1. The lowest BCUT2D eigenvalue weighted by Gasteiger charge is -2.61. The van der Waals surface area contributed by atoms with Crippen molar-refractivity contribution in [2.45, 2.75) is 83.1 Å². The van der Waals surface area contributed by atoms with Crippen LogP contribution in [0.1, 0.15) is 58.2 Å². The summed E-state index contributed by atoms with van der Waals surface area (Å²) in [5, 5.41) is 28.7. The lowest BCUT2D eigenvalue weighted by Crippen LogP contribution is -2.65. The summed E-state index contributed by atoms with van der Waals surface area (Å²) in [6, 6.07) is 0. The summed E-state index contributed by atoms with van der Waals surface area (Å²) in [7, 11) is 0. The highest BCUT2D eigenvalue weighted by Gasteiger charge is 2.77. The molecule has 180 valence electrons. The van der Waals surface area contributed by atoms with Crippen molar-refractivity contribution in [2.24, 2.45) is 28.6 Å². The van der Waals surface area contributed by atoms with Gasteiger partial charge >= 0.3 is 0 Å². The van der Waals surface area contributed by atoms with E-state index in [9.17, 15) is 15.0 Å². The van der Waals surface area contributed by atoms with E-state index in [0.717, 1.165) is 16.8 Å². The molecule has 0 spiro atoms. The maximum Gasteiger partial charge on any atom is 0.193 e. The zero-order valence-electron chi connectivity index (χ0n) is 19.6. The van der Waals surface area contributed by atoms with E-state index in [-0.39, 0.29) is 17.8 Å². The van der Waals surface area contributed by atoms with E-state index >= 15 is 4.39 Å². The van der Waals surface area contributed by atoms with Crippen LogP contribution < -0.4 is 0 Å². The molecule has 3 N–H and O–H groups in total. The fourth-order valence-electron chi connectivity index (χ4n) is 8.82. The average Bonchev–Trinajstić information content (AvgIpc) is 3.35. The molecule has 0 unspecified atom stereocenters. The molecule has 4 aliphatic carbocycles. The van der Waals surface area contributed by atoms with Gasteiger partial charge in [-0.2, -0.15) is 5.10 Å². The van der Waals surface area contributed by atoms with Crippen LogP contribution in [0.15, 0.2) is 11.8 Å². The Labute approximate surface area is 192 Å². The molecule has 3 saturated carbocycles. The third-order valence-electron chi connectivity index (χ3n) is 9.82. The first-order valence-corrected chi connectivity index (χ1v) is 12.1. The Kier molecular flexibility index (Phi) is 4.33. The SMILES string of the molecule is CC1(C)O[C@@H]2C[C@H]3[C@@H]4C[C@H](F)C5=Cc6n[nH]cc6C[C@]5(C)[C@H]4[C@@H](O)C[C@]3(C)[C@]2(C(=O)CO)O1. The predicted octanol–water partition coefficient (Wildman–Crippen LogP) is 2.57. The molecule has 0 amide bonds. The topological polar surface area (TPSA) is 105 Å². The molecule has 1 aromatic rings. The van der Waals surface area contributed by atoms with Gasteiger partial charge in [-0.05, 0) is 74.5 Å². The number of aromatic amines is 1. The minimum absolute atomic E-state index is 0.0649. The number of fused-ring (bicyclic) bond motifs is 8. The smallest absolute Gasteiger partial charge is 0.193 e. The molecule has 4 fully saturated rings. The number of carbonyl (C=O) groups is 1. The molecule has 1 aliphatic heterocycles. The molecule has 2 heterocycles. The minimum Gasteiger partial charge on any atom is -0.393 e. The van der Waals surface area contributed by atoms with Gasteiger partial charge in [0.25, 0.3) is 0 Å². The van der Waals surface area contributed by atoms with Crippen molar-refractivity contribution >= 4 is 11.9 Å². The number of Topliss-reactive ketones (excluding diaryl/α,β-unsaturated/α-hetero) is 1. The minimum atomic E-state index is -1.34. The Morgan fingerprint density at radius 3 is 2.79 bits per heavy atom. The highest BCUT2D eigenvalue weighted by atomic mass is 19.1. The van der Waals surface area contributed by atoms with E-state index in [1.54, 1.807) is 13.8 Å². The maximum atomic E-state index is 15.8. The molecule has 9 atom stereocenters. The van der Waals surface area contributed by atoms with Crippen LogP contribution >= 0.6 is 0 Å². The van der Waals surface area contributed by atoms with E-state index in [1.807, 2.05) is 19.2 Å². The van der Waals surface area contributed by atoms with Crippen LogP contribution in [0.2, 0.25) is 0 Å². The van der Waals surface area contributed by atoms with Crippen molar-refractivity contribution in [1.82, 2.24) is 10.2 Å². The summed E-state index contributed by atoms with van der Waals surface area (Å²) in [6.07, 6.45) is 3.15. The summed E-state index contributed by atoms with van der Waals surface area (Å²) in [5.74, 6) is -1.72. The molecular weight excluding hydrogens is 427 g/mol. The Balaban J connectivity index is 1.45. The number of aliphatic hydroxyl groups excluding tert-OH is 2. The molecule has 1 aromatic heterocycles. The Bertz CT molecular complexity index is 1050. The second-order valence-electron chi connectivity index (χ2n) is 11.8. The van der Waals surface area contributed by atoms with E-state index in [2.05, 4.69) is 17.1 Å². The van der Waals surface area contributed by atoms with E-state index in [4.69, 9.17) is 9.47 Å². The van der Waals surface area contributed by atoms with Crippen LogP contribution in [0, 0.1) is 28.6 Å². The standard InChI is InChI=1S/C25H33FN2O5/c1-22(2)32-20-7-14-13-5-16(26)15-6-17-12(10-27-28-17)8-23(15,3)21(13)18(30)9-24(14,4)25(20,33-22)19(31)11-29/h6,10,13-14,16,18,20-21,29-30H,5,7-9,11H2,1-4H3,(H,27,28)/t13-,14-,16-,18-,20+,21+,23-,24-,25+/m0/s1. The number of hydrogen-bond acceptors (Lipinski definition) is 6. The first-order valence-electron chi connectivity index (χ1n) is 12.1. The van der Waals surface area contributed by atoms with Gasteiger partial charge in [0.1, 0.15) is 12.8 Å². The normalized spacial score (nSPS) is 49.4. The molecule has 8 heteroatoms. The Hall–Kier alpha value is -1.61. The lowest BCUT2D eigenvalue weighted by atomic mass is 9.45. The van der Waals surface area contributed by atoms with Gasteiger partial charge in [0, 0.05) is 17.0 Å². The first kappa shape index (κ1) is 21.9. The Morgan fingerprint density at radius 1 is 1.30 bits per heavy atom. The predicted molar refractivity (Wildman–Crippen MR) is 117 cm³/mol. The molecular formula is C25H33FN2O5. The number of rotatable bonds is 2. The van der Waals surface area contributed by atoms with Crippen molar-refractivity contribution in [3.63, 3.8) is 0 Å². The number of alkyl halides is 1. The van der Waals surface area contributed by atoms with Gasteiger partial charge < -0.3 is 19.7 Å². The number of aliphatic hydroxyl groups is 2. The second-order valence-corrected chi connectivity index (χ2v) is 11.8. The summed E-state index contributed by atoms with van der Waals surface area (Å²) >= 11 is 0. The van der Waals surface area contributed by atoms with Crippen molar-refractivity contribution in [3.8, 4) is 0 Å². The molecule has 0 aromatic carbocycles. The second kappa shape index (κ2) is 6.53. The highest BCUT2D eigenvalue weighted by molar-refractivity contribution is 5.91. The number of carbonyl (C=O) groups excluding carboxylic acids is 1. The highest BCUT2D eigenvalue weighted by Crippen LogP contribution is 2.70. The first-order chi connectivity index (χ1) is 15.5. The van der Waals surface area contributed by atoms with Gasteiger partial charge in [0.05, 0.1) is 17.9 Å². The summed E-state index contributed by atoms with van der Waals surface area (Å²) in [6.45, 7) is 6.95. The maximum absolute atomic E-state index is 15.8. The molecule has 0 bridgehead atoms. The van der Waals surface area contributed by atoms with E-state index < -0.39 is 53.0 Å². The molecule has 5 aliphatic rings. The van der Waals surface area contributed by atoms with Crippen molar-refractivity contribution < 1.29 is 28.9 Å². The van der Waals surface area contributed by atoms with Gasteiger partial charge in [-0.25, -0.2) is 4.39 Å². The van der Waals surface area contributed by atoms with Gasteiger partial charge in [-0.15, -0.1) is 0 Å². The number of nitrogens with one attached hydrogen (secondary N) is 1. The van der Waals surface area contributed by atoms with Gasteiger partial charge in [0.2, 0.25) is 0 Å². The third-order valence-corrected chi connectivity index (χ3v) is 9.82. The Morgan fingerprint density at radius 2 is 2.06 bits per heavy atom. The summed E-state index contributed by atoms with van der Waals surface area (Å²) in [4.78, 5) is 13.3. The monoisotopic (exact) mass is 460 g/mol. The molecule has 33 heavy (non-hydrogen) atoms. The summed E-state index contributed by atoms with van der Waals surface area (Å²) in [5.41, 5.74) is -0.0942. The van der Waals surface area contributed by atoms with Gasteiger partial charge in [0.15, 0.2) is 17.2 Å². The zero-order chi connectivity index (χ0) is 23.6. The molecule has 0 radical (unpaired) electrons. The van der Waals surface area contributed by atoms with Crippen molar-refractivity contribution in [3.05, 3.63) is 23.0 Å². The zero-order valence-corrected chi connectivity index (χ0v) is 19.6. The van der Waals surface area contributed by atoms with Gasteiger partial charge in [-0.3, -0.25) is 9.89 Å². The van der Waals surface area contributed by atoms with Crippen LogP contribution in [0.3, 0.4) is 0 Å². The number of halogens is 1.